The van der Waals surface area contributed by atoms with E-state index in [2.05, 4.69) is 43.3 Å². The summed E-state index contributed by atoms with van der Waals surface area (Å²) in [6, 6.07) is 2.22. The maximum atomic E-state index is 4.54. The van der Waals surface area contributed by atoms with E-state index in [0.29, 0.717) is 0 Å². The van der Waals surface area contributed by atoms with E-state index < -0.39 is 0 Å². The van der Waals surface area contributed by atoms with Gasteiger partial charge in [-0.3, -0.25) is 4.98 Å². The molecule has 1 aliphatic rings. The second-order valence-corrected chi connectivity index (χ2v) is 5.06. The van der Waals surface area contributed by atoms with Gasteiger partial charge in [0.25, 0.3) is 0 Å². The van der Waals surface area contributed by atoms with Gasteiger partial charge in [-0.1, -0.05) is 27.2 Å². The van der Waals surface area contributed by atoms with Gasteiger partial charge in [-0.15, -0.1) is 0 Å². The third-order valence-corrected chi connectivity index (χ3v) is 3.20. The van der Waals surface area contributed by atoms with Gasteiger partial charge in [0, 0.05) is 35.1 Å². The van der Waals surface area contributed by atoms with E-state index in [0.717, 1.165) is 13.0 Å². The molecule has 1 aliphatic heterocycles. The van der Waals surface area contributed by atoms with Crippen molar-refractivity contribution in [3.05, 3.63) is 23.5 Å². The molecule has 0 atom stereocenters. The first-order valence-corrected chi connectivity index (χ1v) is 5.87. The first-order valence-electron chi connectivity index (χ1n) is 5.87. The minimum absolute atomic E-state index is 0.242. The minimum Gasteiger partial charge on any atom is -0.384 e. The van der Waals surface area contributed by atoms with E-state index in [9.17, 15) is 0 Å². The number of aromatic nitrogens is 1. The summed E-state index contributed by atoms with van der Waals surface area (Å²) in [5, 5.41) is 3.47. The monoisotopic (exact) mass is 204 g/mol. The molecule has 0 saturated carbocycles. The molecule has 2 heteroatoms. The Bertz CT molecular complexity index is 356. The molecule has 0 saturated heterocycles. The Morgan fingerprint density at radius 2 is 2.27 bits per heavy atom. The maximum Gasteiger partial charge on any atom is 0.0424 e. The standard InChI is InChI=1S/C13H20N2/c1-4-5-6-10-7-12-11(8-14-10)13(2,3)9-15-12/h7-8,15H,4-6,9H2,1-3H3. The van der Waals surface area contributed by atoms with E-state index in [4.69, 9.17) is 0 Å². The van der Waals surface area contributed by atoms with Crippen molar-refractivity contribution < 1.29 is 0 Å². The number of pyridine rings is 1. The summed E-state index contributed by atoms with van der Waals surface area (Å²) in [4.78, 5) is 4.54. The van der Waals surface area contributed by atoms with Gasteiger partial charge in [0.2, 0.25) is 0 Å². The molecule has 0 unspecified atom stereocenters. The van der Waals surface area contributed by atoms with Gasteiger partial charge in [-0.05, 0) is 18.9 Å². The van der Waals surface area contributed by atoms with Crippen molar-refractivity contribution in [2.75, 3.05) is 11.9 Å². The molecule has 2 rings (SSSR count). The Kier molecular flexibility index (Phi) is 2.68. The van der Waals surface area contributed by atoms with Crippen LogP contribution in [0.5, 0.6) is 0 Å². The van der Waals surface area contributed by atoms with Gasteiger partial charge in [-0.2, -0.15) is 0 Å². The molecule has 0 amide bonds. The Morgan fingerprint density at radius 1 is 1.47 bits per heavy atom. The van der Waals surface area contributed by atoms with Crippen LogP contribution in [0.4, 0.5) is 5.69 Å². The SMILES string of the molecule is CCCCc1cc2c(cn1)C(C)(C)CN2. The summed E-state index contributed by atoms with van der Waals surface area (Å²) in [7, 11) is 0. The van der Waals surface area contributed by atoms with Crippen molar-refractivity contribution in [1.82, 2.24) is 4.98 Å². The first kappa shape index (κ1) is 10.5. The Morgan fingerprint density at radius 3 is 3.00 bits per heavy atom. The van der Waals surface area contributed by atoms with Crippen molar-refractivity contribution in [3.8, 4) is 0 Å². The summed E-state index contributed by atoms with van der Waals surface area (Å²) < 4.78 is 0. The zero-order valence-corrected chi connectivity index (χ0v) is 9.93. The molecule has 1 aromatic rings. The molecule has 0 fully saturated rings. The van der Waals surface area contributed by atoms with Crippen LogP contribution in [0.2, 0.25) is 0 Å². The summed E-state index contributed by atoms with van der Waals surface area (Å²) in [6.45, 7) is 7.77. The average Bonchev–Trinajstić information content (AvgIpc) is 2.52. The van der Waals surface area contributed by atoms with Crippen molar-refractivity contribution in [3.63, 3.8) is 0 Å². The number of hydrogen-bond donors (Lipinski definition) is 1. The van der Waals surface area contributed by atoms with Gasteiger partial charge >= 0.3 is 0 Å². The van der Waals surface area contributed by atoms with Crippen molar-refractivity contribution in [1.29, 1.82) is 0 Å². The van der Waals surface area contributed by atoms with E-state index >= 15 is 0 Å². The minimum atomic E-state index is 0.242. The van der Waals surface area contributed by atoms with Crippen LogP contribution in [0.3, 0.4) is 0 Å². The number of anilines is 1. The number of nitrogens with one attached hydrogen (secondary N) is 1. The molecule has 0 aromatic carbocycles. The highest BCUT2D eigenvalue weighted by molar-refractivity contribution is 5.59. The number of fused-ring (bicyclic) bond motifs is 1. The second kappa shape index (κ2) is 3.84. The number of nitrogens with zero attached hydrogens (tertiary/aromatic N) is 1. The van der Waals surface area contributed by atoms with Crippen molar-refractivity contribution in [2.45, 2.75) is 45.4 Å². The molecule has 1 aromatic heterocycles. The lowest BCUT2D eigenvalue weighted by Gasteiger charge is -2.16. The molecule has 2 heterocycles. The van der Waals surface area contributed by atoms with Crippen LogP contribution in [-0.2, 0) is 11.8 Å². The Balaban J connectivity index is 2.22. The normalized spacial score (nSPS) is 17.3. The first-order chi connectivity index (χ1) is 7.13. The number of aryl methyl sites for hydroxylation is 1. The fraction of sp³-hybridized carbons (Fsp3) is 0.615. The quantitative estimate of drug-likeness (QED) is 0.818. The number of rotatable bonds is 3. The molecule has 82 valence electrons. The van der Waals surface area contributed by atoms with Gasteiger partial charge in [0.1, 0.15) is 0 Å². The molecular formula is C13H20N2. The number of hydrogen-bond acceptors (Lipinski definition) is 2. The second-order valence-electron chi connectivity index (χ2n) is 5.06. The zero-order chi connectivity index (χ0) is 10.9. The fourth-order valence-electron chi connectivity index (χ4n) is 2.09. The summed E-state index contributed by atoms with van der Waals surface area (Å²) in [5.41, 5.74) is 4.12. The van der Waals surface area contributed by atoms with Crippen LogP contribution in [0, 0.1) is 0 Å². The summed E-state index contributed by atoms with van der Waals surface area (Å²) in [6.07, 6.45) is 5.62. The van der Waals surface area contributed by atoms with Crippen LogP contribution in [-0.4, -0.2) is 11.5 Å². The Labute approximate surface area is 92.1 Å². The van der Waals surface area contributed by atoms with Gasteiger partial charge in [-0.25, -0.2) is 0 Å². The van der Waals surface area contributed by atoms with Gasteiger partial charge < -0.3 is 5.32 Å². The van der Waals surface area contributed by atoms with E-state index in [1.807, 2.05) is 0 Å². The molecule has 0 spiro atoms. The third kappa shape index (κ3) is 1.99. The van der Waals surface area contributed by atoms with E-state index in [1.54, 1.807) is 0 Å². The van der Waals surface area contributed by atoms with Crippen LogP contribution in [0.25, 0.3) is 0 Å². The van der Waals surface area contributed by atoms with Gasteiger partial charge in [0.15, 0.2) is 0 Å². The number of unbranched alkanes of at least 4 members (excludes halogenated alkanes) is 1. The molecule has 15 heavy (non-hydrogen) atoms. The van der Waals surface area contributed by atoms with Crippen molar-refractivity contribution >= 4 is 5.69 Å². The lowest BCUT2D eigenvalue weighted by atomic mass is 9.88. The predicted molar refractivity (Wildman–Crippen MR) is 64.4 cm³/mol. The molecule has 0 radical (unpaired) electrons. The molecular weight excluding hydrogens is 184 g/mol. The topological polar surface area (TPSA) is 24.9 Å². The third-order valence-electron chi connectivity index (χ3n) is 3.20. The van der Waals surface area contributed by atoms with Crippen LogP contribution in [0.1, 0.15) is 44.9 Å². The van der Waals surface area contributed by atoms with E-state index in [-0.39, 0.29) is 5.41 Å². The lowest BCUT2D eigenvalue weighted by molar-refractivity contribution is 0.583. The lowest BCUT2D eigenvalue weighted by Crippen LogP contribution is -2.19. The van der Waals surface area contributed by atoms with Gasteiger partial charge in [0.05, 0.1) is 0 Å². The summed E-state index contributed by atoms with van der Waals surface area (Å²) in [5.74, 6) is 0. The van der Waals surface area contributed by atoms with E-state index in [1.165, 1.54) is 29.8 Å². The highest BCUT2D eigenvalue weighted by Crippen LogP contribution is 2.35. The molecule has 2 nitrogen and oxygen atoms in total. The molecule has 0 aliphatic carbocycles. The highest BCUT2D eigenvalue weighted by atomic mass is 14.9. The predicted octanol–water partition coefficient (Wildman–Crippen LogP) is 3.13. The maximum absolute atomic E-state index is 4.54. The van der Waals surface area contributed by atoms with Crippen LogP contribution in [0.15, 0.2) is 12.3 Å². The summed E-state index contributed by atoms with van der Waals surface area (Å²) >= 11 is 0. The fourth-order valence-corrected chi connectivity index (χ4v) is 2.09. The average molecular weight is 204 g/mol. The van der Waals surface area contributed by atoms with Crippen molar-refractivity contribution in [2.24, 2.45) is 0 Å². The van der Waals surface area contributed by atoms with Crippen LogP contribution < -0.4 is 5.32 Å². The highest BCUT2D eigenvalue weighted by Gasteiger charge is 2.29. The smallest absolute Gasteiger partial charge is 0.0424 e. The largest absolute Gasteiger partial charge is 0.384 e. The molecule has 0 bridgehead atoms. The Hall–Kier alpha value is -1.05. The zero-order valence-electron chi connectivity index (χ0n) is 9.93. The molecule has 1 N–H and O–H groups in total. The van der Waals surface area contributed by atoms with Crippen LogP contribution >= 0.6 is 0 Å².